The van der Waals surface area contributed by atoms with Crippen molar-refractivity contribution in [2.24, 2.45) is 0 Å². The van der Waals surface area contributed by atoms with E-state index in [9.17, 15) is 9.59 Å². The van der Waals surface area contributed by atoms with Crippen LogP contribution in [0.5, 0.6) is 0 Å². The maximum atomic E-state index is 12.4. The smallest absolute Gasteiger partial charge is 0.321 e. The van der Waals surface area contributed by atoms with Crippen LogP contribution in [0.2, 0.25) is 10.0 Å². The van der Waals surface area contributed by atoms with Crippen molar-refractivity contribution in [1.82, 2.24) is 9.80 Å². The lowest BCUT2D eigenvalue weighted by Crippen LogP contribution is -2.51. The molecule has 0 saturated carbocycles. The van der Waals surface area contributed by atoms with E-state index in [4.69, 9.17) is 23.2 Å². The Morgan fingerprint density at radius 3 is 2.36 bits per heavy atom. The summed E-state index contributed by atoms with van der Waals surface area (Å²) in [7, 11) is 0. The van der Waals surface area contributed by atoms with Gasteiger partial charge in [-0.3, -0.25) is 4.79 Å². The summed E-state index contributed by atoms with van der Waals surface area (Å²) in [4.78, 5) is 28.2. The van der Waals surface area contributed by atoms with Crippen LogP contribution in [0.15, 0.2) is 48.5 Å². The van der Waals surface area contributed by atoms with E-state index in [0.29, 0.717) is 36.2 Å². The van der Waals surface area contributed by atoms with Crippen LogP contribution in [-0.2, 0) is 4.79 Å². The molecule has 0 spiro atoms. The summed E-state index contributed by atoms with van der Waals surface area (Å²) in [6, 6.07) is 12.7. The van der Waals surface area contributed by atoms with Crippen molar-refractivity contribution in [2.45, 2.75) is 6.92 Å². The largest absolute Gasteiger partial charge is 0.336 e. The van der Waals surface area contributed by atoms with Gasteiger partial charge in [0.2, 0.25) is 5.91 Å². The Morgan fingerprint density at radius 2 is 1.68 bits per heavy atom. The highest BCUT2D eigenvalue weighted by Gasteiger charge is 2.23. The summed E-state index contributed by atoms with van der Waals surface area (Å²) in [6.07, 6.45) is 3.23. The zero-order valence-electron chi connectivity index (χ0n) is 15.5. The molecule has 146 valence electrons. The molecule has 1 heterocycles. The number of aryl methyl sites for hydroxylation is 1. The molecule has 1 saturated heterocycles. The Balaban J connectivity index is 1.51. The number of nitrogens with zero attached hydrogens (tertiary/aromatic N) is 2. The molecule has 0 bridgehead atoms. The first kappa shape index (κ1) is 20.2. The highest BCUT2D eigenvalue weighted by Crippen LogP contribution is 2.23. The zero-order valence-corrected chi connectivity index (χ0v) is 17.0. The summed E-state index contributed by atoms with van der Waals surface area (Å²) in [5.74, 6) is -0.0928. The topological polar surface area (TPSA) is 52.7 Å². The van der Waals surface area contributed by atoms with Crippen LogP contribution in [0.25, 0.3) is 6.08 Å². The lowest BCUT2D eigenvalue weighted by molar-refractivity contribution is -0.127. The number of benzene rings is 2. The third-order valence-electron chi connectivity index (χ3n) is 4.51. The first-order valence-corrected chi connectivity index (χ1v) is 9.72. The molecule has 0 atom stereocenters. The zero-order chi connectivity index (χ0) is 20.1. The molecule has 5 nitrogen and oxygen atoms in total. The highest BCUT2D eigenvalue weighted by atomic mass is 35.5. The first-order chi connectivity index (χ1) is 13.4. The average Bonchev–Trinajstić information content (AvgIpc) is 2.69. The second-order valence-corrected chi connectivity index (χ2v) is 7.43. The number of urea groups is 1. The number of nitrogens with one attached hydrogen (secondary N) is 1. The van der Waals surface area contributed by atoms with Crippen LogP contribution in [-0.4, -0.2) is 47.9 Å². The molecule has 1 aliphatic heterocycles. The number of hydrogen-bond acceptors (Lipinski definition) is 2. The molecule has 3 rings (SSSR count). The minimum absolute atomic E-state index is 0.0928. The van der Waals surface area contributed by atoms with Gasteiger partial charge in [0.25, 0.3) is 0 Å². The normalized spacial score (nSPS) is 14.4. The first-order valence-electron chi connectivity index (χ1n) is 8.97. The van der Waals surface area contributed by atoms with Crippen LogP contribution in [0, 0.1) is 6.92 Å². The van der Waals surface area contributed by atoms with Gasteiger partial charge in [0, 0.05) is 37.9 Å². The predicted octanol–water partition coefficient (Wildman–Crippen LogP) is 4.69. The maximum absolute atomic E-state index is 12.4. The number of carbonyl (C=O) groups is 2. The number of hydrogen-bond donors (Lipinski definition) is 1. The van der Waals surface area contributed by atoms with Crippen LogP contribution in [0.3, 0.4) is 0 Å². The second-order valence-electron chi connectivity index (χ2n) is 6.62. The fourth-order valence-corrected chi connectivity index (χ4v) is 3.25. The van der Waals surface area contributed by atoms with Gasteiger partial charge in [-0.05, 0) is 48.4 Å². The summed E-state index contributed by atoms with van der Waals surface area (Å²) >= 11 is 11.9. The van der Waals surface area contributed by atoms with Crippen LogP contribution < -0.4 is 5.32 Å². The third kappa shape index (κ3) is 5.27. The van der Waals surface area contributed by atoms with Gasteiger partial charge in [-0.1, -0.05) is 41.4 Å². The van der Waals surface area contributed by atoms with E-state index in [1.807, 2.05) is 31.2 Å². The fraction of sp³-hybridized carbons (Fsp3) is 0.238. The van der Waals surface area contributed by atoms with Crippen molar-refractivity contribution in [3.63, 3.8) is 0 Å². The molecule has 3 amide bonds. The van der Waals surface area contributed by atoms with Crippen molar-refractivity contribution in [2.75, 3.05) is 31.5 Å². The molecule has 7 heteroatoms. The van der Waals surface area contributed by atoms with Gasteiger partial charge in [-0.25, -0.2) is 4.79 Å². The summed E-state index contributed by atoms with van der Waals surface area (Å²) in [6.45, 7) is 3.94. The Morgan fingerprint density at radius 1 is 0.964 bits per heavy atom. The molecule has 0 aromatic heterocycles. The van der Waals surface area contributed by atoms with Crippen molar-refractivity contribution in [3.05, 3.63) is 69.7 Å². The lowest BCUT2D eigenvalue weighted by Gasteiger charge is -2.34. The number of piperazine rings is 1. The van der Waals surface area contributed by atoms with E-state index in [1.165, 1.54) is 6.08 Å². The van der Waals surface area contributed by atoms with Gasteiger partial charge >= 0.3 is 6.03 Å². The lowest BCUT2D eigenvalue weighted by atomic mass is 10.2. The number of rotatable bonds is 3. The van der Waals surface area contributed by atoms with Crippen LogP contribution in [0.4, 0.5) is 10.5 Å². The van der Waals surface area contributed by atoms with E-state index >= 15 is 0 Å². The number of halogens is 2. The summed E-state index contributed by atoms with van der Waals surface area (Å²) in [5, 5.41) is 3.82. The minimum atomic E-state index is -0.149. The van der Waals surface area contributed by atoms with Gasteiger partial charge in [-0.2, -0.15) is 0 Å². The Hall–Kier alpha value is -2.50. The Labute approximate surface area is 174 Å². The quantitative estimate of drug-likeness (QED) is 0.736. The van der Waals surface area contributed by atoms with Crippen molar-refractivity contribution >= 4 is 46.9 Å². The summed E-state index contributed by atoms with van der Waals surface area (Å²) in [5.41, 5.74) is 2.66. The average molecular weight is 418 g/mol. The van der Waals surface area contributed by atoms with Gasteiger partial charge in [0.1, 0.15) is 0 Å². The minimum Gasteiger partial charge on any atom is -0.336 e. The van der Waals surface area contributed by atoms with Crippen molar-refractivity contribution in [1.29, 1.82) is 0 Å². The molecule has 2 aromatic rings. The number of carbonyl (C=O) groups excluding carboxylic acids is 2. The molecule has 1 N–H and O–H groups in total. The molecule has 1 aliphatic rings. The van der Waals surface area contributed by atoms with Gasteiger partial charge < -0.3 is 15.1 Å². The molecule has 2 aromatic carbocycles. The van der Waals surface area contributed by atoms with Crippen molar-refractivity contribution in [3.8, 4) is 0 Å². The number of amides is 3. The molecule has 0 unspecified atom stereocenters. The van der Waals surface area contributed by atoms with Crippen LogP contribution >= 0.6 is 23.2 Å². The third-order valence-corrected chi connectivity index (χ3v) is 5.25. The SMILES string of the molecule is Cc1cccc(NC(=O)N2CCN(C(=O)/C=C/c3ccc(Cl)c(Cl)c3)CC2)c1. The van der Waals surface area contributed by atoms with Crippen molar-refractivity contribution < 1.29 is 9.59 Å². The van der Waals surface area contributed by atoms with Gasteiger partial charge in [0.15, 0.2) is 0 Å². The van der Waals surface area contributed by atoms with E-state index < -0.39 is 0 Å². The molecule has 0 radical (unpaired) electrons. The standard InChI is InChI=1S/C21H21Cl2N3O2/c1-15-3-2-4-17(13-15)24-21(28)26-11-9-25(10-12-26)20(27)8-6-16-5-7-18(22)19(23)14-16/h2-8,13-14H,9-12H2,1H3,(H,24,28)/b8-6+. The number of anilines is 1. The maximum Gasteiger partial charge on any atom is 0.321 e. The molecular formula is C21H21Cl2N3O2. The van der Waals surface area contributed by atoms with Gasteiger partial charge in [0.05, 0.1) is 10.0 Å². The van der Waals surface area contributed by atoms with E-state index in [2.05, 4.69) is 5.32 Å². The van der Waals surface area contributed by atoms with E-state index in [1.54, 1.807) is 34.1 Å². The second kappa shape index (κ2) is 9.13. The molecule has 0 aliphatic carbocycles. The fourth-order valence-electron chi connectivity index (χ4n) is 2.94. The predicted molar refractivity (Wildman–Crippen MR) is 114 cm³/mol. The monoisotopic (exact) mass is 417 g/mol. The van der Waals surface area contributed by atoms with Crippen LogP contribution in [0.1, 0.15) is 11.1 Å². The molecule has 28 heavy (non-hydrogen) atoms. The molecule has 1 fully saturated rings. The molecular weight excluding hydrogens is 397 g/mol. The summed E-state index contributed by atoms with van der Waals surface area (Å²) < 4.78 is 0. The van der Waals surface area contributed by atoms with E-state index in [-0.39, 0.29) is 11.9 Å². The van der Waals surface area contributed by atoms with Gasteiger partial charge in [-0.15, -0.1) is 0 Å². The Kier molecular flexibility index (Phi) is 6.60. The van der Waals surface area contributed by atoms with E-state index in [0.717, 1.165) is 16.8 Å². The Bertz CT molecular complexity index is 906. The highest BCUT2D eigenvalue weighted by molar-refractivity contribution is 6.42.